The van der Waals surface area contributed by atoms with Crippen LogP contribution in [0.1, 0.15) is 57.6 Å². The Morgan fingerprint density at radius 2 is 1.81 bits per heavy atom. The number of allylic oxidation sites excluding steroid dienone is 1. The van der Waals surface area contributed by atoms with Crippen LogP contribution in [0.15, 0.2) is 42.5 Å². The zero-order valence-corrected chi connectivity index (χ0v) is 21.9. The molecule has 1 aliphatic heterocycles. The molecule has 0 N–H and O–H groups in total. The predicted octanol–water partition coefficient (Wildman–Crippen LogP) is 6.13. The highest BCUT2D eigenvalue weighted by Gasteiger charge is 2.15. The number of amides is 1. The van der Waals surface area contributed by atoms with Crippen molar-refractivity contribution in [2.24, 2.45) is 0 Å². The van der Waals surface area contributed by atoms with E-state index in [1.54, 1.807) is 29.2 Å². The summed E-state index contributed by atoms with van der Waals surface area (Å²) in [6.07, 6.45) is 5.11. The summed E-state index contributed by atoms with van der Waals surface area (Å²) in [5, 5.41) is 0. The van der Waals surface area contributed by atoms with E-state index in [2.05, 4.69) is 0 Å². The number of nitrogens with zero attached hydrogens (tertiary/aromatic N) is 1. The highest BCUT2D eigenvalue weighted by molar-refractivity contribution is 5.95. The lowest BCUT2D eigenvalue weighted by Crippen LogP contribution is -2.28. The summed E-state index contributed by atoms with van der Waals surface area (Å²) < 4.78 is 51.3. The van der Waals surface area contributed by atoms with Gasteiger partial charge in [-0.25, -0.2) is 8.78 Å². The summed E-state index contributed by atoms with van der Waals surface area (Å²) in [5.74, 6) is -0.635. The van der Waals surface area contributed by atoms with E-state index in [4.69, 9.17) is 18.9 Å². The highest BCUT2D eigenvalue weighted by atomic mass is 19.1. The maximum absolute atomic E-state index is 14.1. The lowest BCUT2D eigenvalue weighted by Gasteiger charge is -2.22. The van der Waals surface area contributed by atoms with E-state index in [0.717, 1.165) is 37.0 Å². The predicted molar refractivity (Wildman–Crippen MR) is 138 cm³/mol. The van der Waals surface area contributed by atoms with Gasteiger partial charge in [0.15, 0.2) is 17.8 Å². The van der Waals surface area contributed by atoms with E-state index in [-0.39, 0.29) is 24.4 Å². The fourth-order valence-corrected chi connectivity index (χ4v) is 4.00. The van der Waals surface area contributed by atoms with Crippen LogP contribution in [0.4, 0.5) is 8.78 Å². The molecule has 0 aromatic heterocycles. The molecule has 8 heteroatoms. The van der Waals surface area contributed by atoms with Crippen molar-refractivity contribution in [3.05, 3.63) is 65.2 Å². The number of carbonyl (C=O) groups excluding carboxylic acids is 1. The van der Waals surface area contributed by atoms with Gasteiger partial charge in [-0.15, -0.1) is 0 Å². The van der Waals surface area contributed by atoms with Crippen molar-refractivity contribution in [2.45, 2.75) is 59.4 Å². The van der Waals surface area contributed by atoms with E-state index < -0.39 is 11.6 Å². The molecule has 2 aromatic carbocycles. The van der Waals surface area contributed by atoms with Gasteiger partial charge in [0, 0.05) is 32.2 Å². The Morgan fingerprint density at radius 1 is 1.05 bits per heavy atom. The average molecular weight is 518 g/mol. The minimum Gasteiger partial charge on any atom is -0.490 e. The summed E-state index contributed by atoms with van der Waals surface area (Å²) in [6, 6.07) is 8.96. The maximum Gasteiger partial charge on any atom is 0.246 e. The van der Waals surface area contributed by atoms with Crippen LogP contribution in [0, 0.1) is 11.6 Å². The van der Waals surface area contributed by atoms with Gasteiger partial charge >= 0.3 is 0 Å². The Bertz CT molecular complexity index is 1030. The van der Waals surface area contributed by atoms with Gasteiger partial charge in [0.25, 0.3) is 0 Å². The van der Waals surface area contributed by atoms with Crippen molar-refractivity contribution in [3.63, 3.8) is 0 Å². The topological polar surface area (TPSA) is 57.2 Å². The third-order valence-corrected chi connectivity index (χ3v) is 6.24. The SMILES string of the molecule is CCN(CC)C(=O)C=C(C)c1ccc(OCc2c(F)cccc2F)c(OCCCOC2CCCCO2)c1. The van der Waals surface area contributed by atoms with Gasteiger partial charge in [-0.2, -0.15) is 0 Å². The first-order chi connectivity index (χ1) is 17.9. The van der Waals surface area contributed by atoms with Crippen LogP contribution in [0.3, 0.4) is 0 Å². The molecule has 1 atom stereocenters. The standard InChI is InChI=1S/C29H37F2NO5/c1-4-32(5-2)28(33)18-21(3)22-13-14-26(37-20-23-24(30)10-8-11-25(23)31)27(19-22)34-16-9-17-36-29-12-6-7-15-35-29/h8,10-11,13-14,18-19,29H,4-7,9,12,15-17,20H2,1-3H3. The highest BCUT2D eigenvalue weighted by Crippen LogP contribution is 2.32. The van der Waals surface area contributed by atoms with E-state index >= 15 is 0 Å². The molecule has 1 fully saturated rings. The van der Waals surface area contributed by atoms with Gasteiger partial charge < -0.3 is 23.8 Å². The van der Waals surface area contributed by atoms with Crippen LogP contribution < -0.4 is 9.47 Å². The third kappa shape index (κ3) is 8.54. The first-order valence-electron chi connectivity index (χ1n) is 13.0. The minimum atomic E-state index is -0.671. The third-order valence-electron chi connectivity index (χ3n) is 6.24. The largest absolute Gasteiger partial charge is 0.490 e. The second-order valence-electron chi connectivity index (χ2n) is 8.86. The molecule has 0 spiro atoms. The lowest BCUT2D eigenvalue weighted by atomic mass is 10.1. The van der Waals surface area contributed by atoms with Crippen molar-refractivity contribution in [1.29, 1.82) is 0 Å². The molecule has 1 aliphatic rings. The van der Waals surface area contributed by atoms with Crippen molar-refractivity contribution in [3.8, 4) is 11.5 Å². The summed E-state index contributed by atoms with van der Waals surface area (Å²) in [5.41, 5.74) is 1.40. The monoisotopic (exact) mass is 517 g/mol. The van der Waals surface area contributed by atoms with Crippen molar-refractivity contribution < 1.29 is 32.5 Å². The van der Waals surface area contributed by atoms with E-state index in [1.807, 2.05) is 20.8 Å². The molecular formula is C29H37F2NO5. The summed E-state index contributed by atoms with van der Waals surface area (Å²) in [4.78, 5) is 14.3. The van der Waals surface area contributed by atoms with Crippen LogP contribution in [0.5, 0.6) is 11.5 Å². The second-order valence-corrected chi connectivity index (χ2v) is 8.86. The second kappa shape index (κ2) is 14.7. The van der Waals surface area contributed by atoms with Crippen molar-refractivity contribution in [1.82, 2.24) is 4.90 Å². The molecule has 1 unspecified atom stereocenters. The number of ether oxygens (including phenoxy) is 4. The van der Waals surface area contributed by atoms with E-state index in [0.29, 0.717) is 44.2 Å². The van der Waals surface area contributed by atoms with Crippen molar-refractivity contribution in [2.75, 3.05) is 32.9 Å². The first-order valence-corrected chi connectivity index (χ1v) is 13.0. The van der Waals surface area contributed by atoms with Gasteiger partial charge in [-0.05, 0) is 75.4 Å². The minimum absolute atomic E-state index is 0.0672. The Labute approximate surface area is 218 Å². The Kier molecular flexibility index (Phi) is 11.4. The van der Waals surface area contributed by atoms with Crippen LogP contribution in [0.25, 0.3) is 5.57 Å². The zero-order chi connectivity index (χ0) is 26.6. The molecule has 202 valence electrons. The smallest absolute Gasteiger partial charge is 0.246 e. The number of halogens is 2. The van der Waals surface area contributed by atoms with Crippen LogP contribution >= 0.6 is 0 Å². The average Bonchev–Trinajstić information content (AvgIpc) is 2.90. The molecule has 1 saturated heterocycles. The number of benzene rings is 2. The van der Waals surface area contributed by atoms with Crippen LogP contribution in [-0.2, 0) is 20.9 Å². The number of likely N-dealkylation sites (N-methyl/N-ethyl adjacent to an activating group) is 1. The molecule has 3 rings (SSSR count). The molecule has 0 bridgehead atoms. The fourth-order valence-electron chi connectivity index (χ4n) is 4.00. The number of hydrogen-bond acceptors (Lipinski definition) is 5. The first kappa shape index (κ1) is 28.6. The summed E-state index contributed by atoms with van der Waals surface area (Å²) in [7, 11) is 0. The van der Waals surface area contributed by atoms with E-state index in [9.17, 15) is 13.6 Å². The molecular weight excluding hydrogens is 480 g/mol. The molecule has 1 heterocycles. The molecule has 0 saturated carbocycles. The quantitative estimate of drug-likeness (QED) is 0.236. The summed E-state index contributed by atoms with van der Waals surface area (Å²) in [6.45, 7) is 8.25. The summed E-state index contributed by atoms with van der Waals surface area (Å²) >= 11 is 0. The molecule has 2 aromatic rings. The van der Waals surface area contributed by atoms with Crippen molar-refractivity contribution >= 4 is 11.5 Å². The maximum atomic E-state index is 14.1. The Morgan fingerprint density at radius 3 is 2.49 bits per heavy atom. The van der Waals surface area contributed by atoms with E-state index in [1.165, 1.54) is 18.2 Å². The molecule has 37 heavy (non-hydrogen) atoms. The van der Waals surface area contributed by atoms with Gasteiger partial charge in [-0.3, -0.25) is 4.79 Å². The molecule has 1 amide bonds. The number of carbonyl (C=O) groups is 1. The molecule has 0 radical (unpaired) electrons. The number of rotatable bonds is 13. The van der Waals surface area contributed by atoms with Gasteiger partial charge in [0.05, 0.1) is 18.8 Å². The van der Waals surface area contributed by atoms with Gasteiger partial charge in [0.2, 0.25) is 5.91 Å². The van der Waals surface area contributed by atoms with Gasteiger partial charge in [0.1, 0.15) is 18.2 Å². The molecule has 6 nitrogen and oxygen atoms in total. The van der Waals surface area contributed by atoms with Gasteiger partial charge in [-0.1, -0.05) is 12.1 Å². The Hall–Kier alpha value is -2.97. The van der Waals surface area contributed by atoms with Crippen LogP contribution in [0.2, 0.25) is 0 Å². The fraction of sp³-hybridized carbons (Fsp3) is 0.483. The zero-order valence-electron chi connectivity index (χ0n) is 21.9. The number of hydrogen-bond donors (Lipinski definition) is 0. The molecule has 0 aliphatic carbocycles. The Balaban J connectivity index is 1.71. The normalized spacial score (nSPS) is 15.9. The lowest BCUT2D eigenvalue weighted by molar-refractivity contribution is -0.163. The van der Waals surface area contributed by atoms with Crippen LogP contribution in [-0.4, -0.2) is 50.0 Å².